The molecule has 1 heterocycles. The third kappa shape index (κ3) is 6.41. The summed E-state index contributed by atoms with van der Waals surface area (Å²) in [5, 5.41) is 0.632. The van der Waals surface area contributed by atoms with Gasteiger partial charge in [-0.2, -0.15) is 0 Å². The number of halogens is 1. The van der Waals surface area contributed by atoms with Gasteiger partial charge < -0.3 is 9.64 Å². The van der Waals surface area contributed by atoms with E-state index < -0.39 is 0 Å². The second kappa shape index (κ2) is 11.5. The number of carbonyl (C=O) groups is 1. The Labute approximate surface area is 191 Å². The molecule has 0 saturated heterocycles. The van der Waals surface area contributed by atoms with Crippen LogP contribution in [0.3, 0.4) is 0 Å². The third-order valence-electron chi connectivity index (χ3n) is 5.05. The lowest BCUT2D eigenvalue weighted by Gasteiger charge is -2.24. The molecule has 5 nitrogen and oxygen atoms in total. The number of anilines is 1. The number of ether oxygens (including phenoxy) is 1. The molecule has 0 spiro atoms. The first-order valence-corrected chi connectivity index (χ1v) is 12.2. The Morgan fingerprint density at radius 3 is 2.55 bits per heavy atom. The lowest BCUT2D eigenvalue weighted by molar-refractivity contribution is -0.118. The molecular formula is C23H28FN3O2S2. The smallest absolute Gasteiger partial charge is 0.229 e. The van der Waals surface area contributed by atoms with E-state index in [1.807, 2.05) is 24.3 Å². The van der Waals surface area contributed by atoms with Crippen molar-refractivity contribution in [1.82, 2.24) is 9.88 Å². The fraction of sp³-hybridized carbons (Fsp3) is 0.391. The molecule has 0 aliphatic rings. The second-order valence-electron chi connectivity index (χ2n) is 6.95. The summed E-state index contributed by atoms with van der Waals surface area (Å²) in [6.07, 6.45) is 0.402. The van der Waals surface area contributed by atoms with Gasteiger partial charge in [0.2, 0.25) is 5.91 Å². The predicted octanol–water partition coefficient (Wildman–Crippen LogP) is 5.30. The van der Waals surface area contributed by atoms with Crippen LogP contribution in [0.1, 0.15) is 20.3 Å². The predicted molar refractivity (Wildman–Crippen MR) is 128 cm³/mol. The van der Waals surface area contributed by atoms with Crippen LogP contribution >= 0.6 is 23.1 Å². The van der Waals surface area contributed by atoms with Crippen LogP contribution in [0.2, 0.25) is 0 Å². The van der Waals surface area contributed by atoms with E-state index in [0.29, 0.717) is 23.8 Å². The minimum atomic E-state index is -0.292. The van der Waals surface area contributed by atoms with E-state index >= 15 is 0 Å². The van der Waals surface area contributed by atoms with Gasteiger partial charge in [0, 0.05) is 30.2 Å². The molecule has 0 N–H and O–H groups in total. The second-order valence-corrected chi connectivity index (χ2v) is 9.13. The summed E-state index contributed by atoms with van der Waals surface area (Å²) < 4.78 is 19.5. The summed E-state index contributed by atoms with van der Waals surface area (Å²) in [4.78, 5) is 22.9. The molecule has 1 amide bonds. The van der Waals surface area contributed by atoms with Crippen LogP contribution in [0.4, 0.5) is 9.52 Å². The SMILES string of the molecule is CCN(CC)CCN(C(=O)CCSc1ccc(OC)cc1)c1nc2ccc(F)cc2s1. The number of methoxy groups -OCH3 is 1. The summed E-state index contributed by atoms with van der Waals surface area (Å²) in [7, 11) is 1.64. The van der Waals surface area contributed by atoms with Crippen molar-refractivity contribution in [3.05, 3.63) is 48.3 Å². The molecule has 0 radical (unpaired) electrons. The highest BCUT2D eigenvalue weighted by molar-refractivity contribution is 7.99. The number of carbonyl (C=O) groups excluding carboxylic acids is 1. The number of benzene rings is 2. The highest BCUT2D eigenvalue weighted by Gasteiger charge is 2.20. The lowest BCUT2D eigenvalue weighted by Crippen LogP contribution is -2.39. The number of hydrogen-bond acceptors (Lipinski definition) is 6. The maximum atomic E-state index is 13.6. The normalized spacial score (nSPS) is 11.3. The first-order chi connectivity index (χ1) is 15.0. The molecule has 166 valence electrons. The van der Waals surface area contributed by atoms with E-state index in [1.54, 1.807) is 29.8 Å². The number of thiazole rings is 1. The summed E-state index contributed by atoms with van der Waals surface area (Å²) in [6, 6.07) is 12.4. The summed E-state index contributed by atoms with van der Waals surface area (Å²) in [6.45, 7) is 7.42. The van der Waals surface area contributed by atoms with Gasteiger partial charge in [-0.1, -0.05) is 25.2 Å². The zero-order chi connectivity index (χ0) is 22.2. The standard InChI is InChI=1S/C23H28FN3O2S2/c1-4-26(5-2)13-14-27(23-25-20-11-6-17(24)16-21(20)31-23)22(28)12-15-30-19-9-7-18(29-3)8-10-19/h6-11,16H,4-5,12-15H2,1-3H3. The fourth-order valence-corrected chi connectivity index (χ4v) is 5.05. The van der Waals surface area contributed by atoms with Crippen LogP contribution in [0.25, 0.3) is 10.2 Å². The van der Waals surface area contributed by atoms with Gasteiger partial charge in [-0.25, -0.2) is 9.37 Å². The van der Waals surface area contributed by atoms with Gasteiger partial charge in [0.1, 0.15) is 11.6 Å². The molecule has 0 fully saturated rings. The minimum absolute atomic E-state index is 0.0349. The van der Waals surface area contributed by atoms with Gasteiger partial charge in [0.25, 0.3) is 0 Å². The average Bonchev–Trinajstić information content (AvgIpc) is 3.19. The van der Waals surface area contributed by atoms with E-state index in [4.69, 9.17) is 4.74 Å². The Bertz CT molecular complexity index is 990. The number of likely N-dealkylation sites (N-methyl/N-ethyl adjacent to an activating group) is 1. The van der Waals surface area contributed by atoms with Gasteiger partial charge in [0.15, 0.2) is 5.13 Å². The maximum Gasteiger partial charge on any atom is 0.229 e. The Morgan fingerprint density at radius 1 is 1.13 bits per heavy atom. The van der Waals surface area contributed by atoms with Crippen molar-refractivity contribution in [2.75, 3.05) is 43.9 Å². The van der Waals surface area contributed by atoms with Crippen molar-refractivity contribution in [3.63, 3.8) is 0 Å². The first-order valence-electron chi connectivity index (χ1n) is 10.4. The molecule has 0 bridgehead atoms. The van der Waals surface area contributed by atoms with E-state index in [2.05, 4.69) is 23.7 Å². The monoisotopic (exact) mass is 461 g/mol. The van der Waals surface area contributed by atoms with Crippen molar-refractivity contribution >= 4 is 44.4 Å². The van der Waals surface area contributed by atoms with E-state index in [0.717, 1.165) is 40.5 Å². The average molecular weight is 462 g/mol. The van der Waals surface area contributed by atoms with Crippen molar-refractivity contribution in [2.24, 2.45) is 0 Å². The van der Waals surface area contributed by atoms with Crippen LogP contribution in [-0.2, 0) is 4.79 Å². The molecule has 0 atom stereocenters. The zero-order valence-electron chi connectivity index (χ0n) is 18.1. The van der Waals surface area contributed by atoms with E-state index in [1.165, 1.54) is 23.5 Å². The number of hydrogen-bond donors (Lipinski definition) is 0. The molecule has 3 aromatic rings. The zero-order valence-corrected chi connectivity index (χ0v) is 19.8. The molecule has 1 aromatic heterocycles. The summed E-state index contributed by atoms with van der Waals surface area (Å²) in [5.74, 6) is 1.23. The highest BCUT2D eigenvalue weighted by Crippen LogP contribution is 2.30. The number of rotatable bonds is 11. The van der Waals surface area contributed by atoms with Crippen molar-refractivity contribution in [2.45, 2.75) is 25.2 Å². The Hall–Kier alpha value is -2.16. The van der Waals surface area contributed by atoms with Gasteiger partial charge >= 0.3 is 0 Å². The number of nitrogens with zero attached hydrogens (tertiary/aromatic N) is 3. The van der Waals surface area contributed by atoms with Crippen LogP contribution < -0.4 is 9.64 Å². The van der Waals surface area contributed by atoms with Crippen LogP contribution in [0.15, 0.2) is 47.4 Å². The summed E-state index contributed by atoms with van der Waals surface area (Å²) in [5.41, 5.74) is 0.717. The van der Waals surface area contributed by atoms with Crippen molar-refractivity contribution in [3.8, 4) is 5.75 Å². The molecule has 0 aliphatic carbocycles. The van der Waals surface area contributed by atoms with E-state index in [9.17, 15) is 9.18 Å². The number of fused-ring (bicyclic) bond motifs is 1. The molecular weight excluding hydrogens is 433 g/mol. The van der Waals surface area contributed by atoms with Gasteiger partial charge in [0.05, 0.1) is 17.3 Å². The minimum Gasteiger partial charge on any atom is -0.497 e. The molecule has 0 saturated carbocycles. The van der Waals surface area contributed by atoms with E-state index in [-0.39, 0.29) is 11.7 Å². The number of amides is 1. The number of aromatic nitrogens is 1. The molecule has 3 rings (SSSR count). The summed E-state index contributed by atoms with van der Waals surface area (Å²) >= 11 is 3.00. The van der Waals surface area contributed by atoms with Gasteiger partial charge in [-0.05, 0) is 55.6 Å². The fourth-order valence-electron chi connectivity index (χ4n) is 3.17. The molecule has 0 aliphatic heterocycles. The molecule has 8 heteroatoms. The third-order valence-corrected chi connectivity index (χ3v) is 7.10. The molecule has 2 aromatic carbocycles. The Kier molecular flexibility index (Phi) is 8.69. The highest BCUT2D eigenvalue weighted by atomic mass is 32.2. The topological polar surface area (TPSA) is 45.7 Å². The lowest BCUT2D eigenvalue weighted by atomic mass is 10.3. The van der Waals surface area contributed by atoms with Crippen molar-refractivity contribution in [1.29, 1.82) is 0 Å². The largest absolute Gasteiger partial charge is 0.497 e. The maximum absolute atomic E-state index is 13.6. The number of thioether (sulfide) groups is 1. The van der Waals surface area contributed by atoms with Crippen LogP contribution in [-0.4, -0.2) is 54.8 Å². The van der Waals surface area contributed by atoms with Crippen molar-refractivity contribution < 1.29 is 13.9 Å². The first kappa shape index (κ1) is 23.5. The Balaban J connectivity index is 1.70. The van der Waals surface area contributed by atoms with Crippen LogP contribution in [0, 0.1) is 5.82 Å². The molecule has 31 heavy (non-hydrogen) atoms. The van der Waals surface area contributed by atoms with Gasteiger partial charge in [-0.3, -0.25) is 9.69 Å². The van der Waals surface area contributed by atoms with Gasteiger partial charge in [-0.15, -0.1) is 11.8 Å². The quantitative estimate of drug-likeness (QED) is 0.363. The molecule has 0 unspecified atom stereocenters. The van der Waals surface area contributed by atoms with Crippen LogP contribution in [0.5, 0.6) is 5.75 Å². The Morgan fingerprint density at radius 2 is 1.87 bits per heavy atom.